The average molecular weight is 168 g/mol. The molecule has 0 radical (unpaired) electrons. The number of imide groups is 1. The van der Waals surface area contributed by atoms with E-state index in [9.17, 15) is 9.59 Å². The van der Waals surface area contributed by atoms with Crippen molar-refractivity contribution in [2.75, 3.05) is 6.54 Å². The van der Waals surface area contributed by atoms with E-state index in [-0.39, 0.29) is 12.1 Å². The van der Waals surface area contributed by atoms with Crippen LogP contribution in [0.2, 0.25) is 0 Å². The maximum atomic E-state index is 11.1. The number of hydrogen-bond acceptors (Lipinski definition) is 4. The number of aliphatic imine (C=N–C) groups is 1. The Balaban J connectivity index is 2.08. The molecule has 0 bridgehead atoms. The van der Waals surface area contributed by atoms with Crippen LogP contribution in [-0.2, 0) is 4.79 Å². The molecular formula is C6H8N4O2. The Kier molecular flexibility index (Phi) is 1.54. The van der Waals surface area contributed by atoms with Crippen molar-refractivity contribution in [1.82, 2.24) is 16.0 Å². The van der Waals surface area contributed by atoms with Gasteiger partial charge in [0.05, 0.1) is 0 Å². The van der Waals surface area contributed by atoms with Crippen molar-refractivity contribution in [2.24, 2.45) is 4.99 Å². The smallest absolute Gasteiger partial charge is 0.322 e. The quantitative estimate of drug-likeness (QED) is 0.404. The van der Waals surface area contributed by atoms with Gasteiger partial charge < -0.3 is 5.32 Å². The minimum atomic E-state index is -0.559. The lowest BCUT2D eigenvalue weighted by atomic mass is 10.2. The zero-order valence-corrected chi connectivity index (χ0v) is 6.20. The summed E-state index contributed by atoms with van der Waals surface area (Å²) in [6.07, 6.45) is 1.37. The fourth-order valence-electron chi connectivity index (χ4n) is 1.25. The second kappa shape index (κ2) is 2.56. The first-order chi connectivity index (χ1) is 5.77. The SMILES string of the molecule is O=C1NC(=O)C(C2N=CCN2)N1. The molecule has 0 spiro atoms. The molecule has 2 atom stereocenters. The molecule has 0 aliphatic carbocycles. The Morgan fingerprint density at radius 1 is 1.50 bits per heavy atom. The highest BCUT2D eigenvalue weighted by atomic mass is 16.2. The third-order valence-corrected chi connectivity index (χ3v) is 1.81. The highest BCUT2D eigenvalue weighted by Gasteiger charge is 2.36. The summed E-state index contributed by atoms with van der Waals surface area (Å²) in [6, 6.07) is -1.01. The summed E-state index contributed by atoms with van der Waals surface area (Å²) < 4.78 is 0. The standard InChI is InChI=1S/C6H8N4O2/c11-5-3(9-6(12)10-5)4-7-1-2-8-4/h1,3-4,8H,2H2,(H2,9,10,11,12). The molecule has 6 nitrogen and oxygen atoms in total. The van der Waals surface area contributed by atoms with Gasteiger partial charge in [-0.25, -0.2) is 4.79 Å². The van der Waals surface area contributed by atoms with Gasteiger partial charge in [-0.3, -0.25) is 20.4 Å². The molecule has 1 fully saturated rings. The van der Waals surface area contributed by atoms with Gasteiger partial charge in [-0.15, -0.1) is 0 Å². The minimum Gasteiger partial charge on any atom is -0.323 e. The van der Waals surface area contributed by atoms with E-state index < -0.39 is 12.1 Å². The second-order valence-electron chi connectivity index (χ2n) is 2.63. The van der Waals surface area contributed by atoms with E-state index in [4.69, 9.17) is 0 Å². The van der Waals surface area contributed by atoms with E-state index in [0.29, 0.717) is 6.54 Å². The zero-order valence-electron chi connectivity index (χ0n) is 6.20. The summed E-state index contributed by atoms with van der Waals surface area (Å²) in [7, 11) is 0. The van der Waals surface area contributed by atoms with Gasteiger partial charge in [-0.1, -0.05) is 0 Å². The van der Waals surface area contributed by atoms with Crippen molar-refractivity contribution in [2.45, 2.75) is 12.2 Å². The van der Waals surface area contributed by atoms with Crippen molar-refractivity contribution < 1.29 is 9.59 Å². The predicted molar refractivity (Wildman–Crippen MR) is 40.7 cm³/mol. The number of carbonyl (C=O) groups is 2. The van der Waals surface area contributed by atoms with Crippen molar-refractivity contribution in [3.8, 4) is 0 Å². The Morgan fingerprint density at radius 2 is 2.33 bits per heavy atom. The maximum absolute atomic E-state index is 11.1. The van der Waals surface area contributed by atoms with Crippen LogP contribution in [0.3, 0.4) is 0 Å². The third kappa shape index (κ3) is 1.06. The Labute approximate surface area is 68.4 Å². The molecule has 12 heavy (non-hydrogen) atoms. The molecule has 2 rings (SSSR count). The Bertz CT molecular complexity index is 262. The molecular weight excluding hydrogens is 160 g/mol. The molecule has 3 amide bonds. The summed E-state index contributed by atoms with van der Waals surface area (Å²) in [5.74, 6) is -0.323. The molecule has 1 saturated heterocycles. The first kappa shape index (κ1) is 7.23. The largest absolute Gasteiger partial charge is 0.323 e. The number of carbonyl (C=O) groups excluding carboxylic acids is 2. The lowest BCUT2D eigenvalue weighted by Gasteiger charge is -2.12. The van der Waals surface area contributed by atoms with E-state index in [0.717, 1.165) is 0 Å². The van der Waals surface area contributed by atoms with Crippen LogP contribution in [0, 0.1) is 0 Å². The van der Waals surface area contributed by atoms with Crippen LogP contribution in [0.5, 0.6) is 0 Å². The van der Waals surface area contributed by atoms with E-state index in [2.05, 4.69) is 20.9 Å². The lowest BCUT2D eigenvalue weighted by molar-refractivity contribution is -0.120. The second-order valence-corrected chi connectivity index (χ2v) is 2.63. The number of urea groups is 1. The van der Waals surface area contributed by atoms with Crippen LogP contribution in [-0.4, -0.2) is 36.9 Å². The van der Waals surface area contributed by atoms with Gasteiger partial charge in [-0.2, -0.15) is 0 Å². The molecule has 2 aliphatic heterocycles. The average Bonchev–Trinajstić information content (AvgIpc) is 2.58. The van der Waals surface area contributed by atoms with Crippen molar-refractivity contribution in [3.05, 3.63) is 0 Å². The predicted octanol–water partition coefficient (Wildman–Crippen LogP) is -1.81. The summed E-state index contributed by atoms with van der Waals surface area (Å²) in [5, 5.41) is 7.56. The van der Waals surface area contributed by atoms with Crippen LogP contribution in [0.15, 0.2) is 4.99 Å². The minimum absolute atomic E-state index is 0.309. The van der Waals surface area contributed by atoms with E-state index in [1.165, 1.54) is 0 Å². The van der Waals surface area contributed by atoms with Crippen molar-refractivity contribution in [3.63, 3.8) is 0 Å². The van der Waals surface area contributed by atoms with Gasteiger partial charge in [0.2, 0.25) is 0 Å². The van der Waals surface area contributed by atoms with Crippen molar-refractivity contribution >= 4 is 18.2 Å². The number of hydrogen-bond donors (Lipinski definition) is 3. The molecule has 6 heteroatoms. The van der Waals surface area contributed by atoms with Gasteiger partial charge >= 0.3 is 6.03 Å². The molecule has 2 aliphatic rings. The number of nitrogens with zero attached hydrogens (tertiary/aromatic N) is 1. The Morgan fingerprint density at radius 3 is 2.83 bits per heavy atom. The summed E-state index contributed by atoms with van der Waals surface area (Å²) >= 11 is 0. The number of nitrogens with one attached hydrogen (secondary N) is 3. The van der Waals surface area contributed by atoms with E-state index in [1.807, 2.05) is 0 Å². The highest BCUT2D eigenvalue weighted by molar-refractivity contribution is 6.04. The van der Waals surface area contributed by atoms with Gasteiger partial charge in [-0.05, 0) is 0 Å². The van der Waals surface area contributed by atoms with E-state index in [1.54, 1.807) is 6.21 Å². The Hall–Kier alpha value is -1.43. The molecule has 0 aromatic carbocycles. The maximum Gasteiger partial charge on any atom is 0.322 e. The van der Waals surface area contributed by atoms with Crippen LogP contribution >= 0.6 is 0 Å². The monoisotopic (exact) mass is 168 g/mol. The molecule has 0 saturated carbocycles. The first-order valence-electron chi connectivity index (χ1n) is 3.64. The molecule has 2 heterocycles. The lowest BCUT2D eigenvalue weighted by Crippen LogP contribution is -2.45. The van der Waals surface area contributed by atoms with Gasteiger partial charge in [0, 0.05) is 12.8 Å². The van der Waals surface area contributed by atoms with Gasteiger partial charge in [0.1, 0.15) is 12.2 Å². The molecule has 64 valence electrons. The normalized spacial score (nSPS) is 33.7. The molecule has 2 unspecified atom stereocenters. The van der Waals surface area contributed by atoms with Crippen LogP contribution in [0.25, 0.3) is 0 Å². The van der Waals surface area contributed by atoms with Crippen LogP contribution < -0.4 is 16.0 Å². The fraction of sp³-hybridized carbons (Fsp3) is 0.500. The zero-order chi connectivity index (χ0) is 8.55. The molecule has 0 aromatic rings. The van der Waals surface area contributed by atoms with Gasteiger partial charge in [0.25, 0.3) is 5.91 Å². The molecule has 0 aromatic heterocycles. The fourth-order valence-corrected chi connectivity index (χ4v) is 1.25. The topological polar surface area (TPSA) is 82.6 Å². The summed E-state index contributed by atoms with van der Waals surface area (Å²) in [4.78, 5) is 25.8. The number of amides is 3. The molecule has 3 N–H and O–H groups in total. The summed E-state index contributed by atoms with van der Waals surface area (Å²) in [6.45, 7) is 0.643. The third-order valence-electron chi connectivity index (χ3n) is 1.81. The van der Waals surface area contributed by atoms with Crippen LogP contribution in [0.4, 0.5) is 4.79 Å². The van der Waals surface area contributed by atoms with Gasteiger partial charge in [0.15, 0.2) is 0 Å². The highest BCUT2D eigenvalue weighted by Crippen LogP contribution is 2.03. The van der Waals surface area contributed by atoms with Crippen molar-refractivity contribution in [1.29, 1.82) is 0 Å². The number of rotatable bonds is 1. The van der Waals surface area contributed by atoms with Crippen LogP contribution in [0.1, 0.15) is 0 Å². The first-order valence-corrected chi connectivity index (χ1v) is 3.64. The summed E-state index contributed by atoms with van der Waals surface area (Å²) in [5.41, 5.74) is 0. The van der Waals surface area contributed by atoms with E-state index >= 15 is 0 Å².